The number of carbonyl (C=O) groups is 3. The number of aliphatic hydroxyl groups excluding tert-OH is 1. The van der Waals surface area contributed by atoms with Gasteiger partial charge in [0.2, 0.25) is 0 Å². The predicted octanol–water partition coefficient (Wildman–Crippen LogP) is 2.72. The Bertz CT molecular complexity index is 448. The molecule has 2 amide bonds. The smallest absolute Gasteiger partial charge is 0.420 e. The lowest BCUT2D eigenvalue weighted by Gasteiger charge is -2.32. The van der Waals surface area contributed by atoms with Crippen molar-refractivity contribution < 1.29 is 33.7 Å². The zero-order chi connectivity index (χ0) is 20.0. The topological polar surface area (TPSA) is 102 Å². The van der Waals surface area contributed by atoms with Crippen molar-refractivity contribution >= 4 is 18.2 Å². The van der Waals surface area contributed by atoms with E-state index in [0.29, 0.717) is 4.90 Å². The summed E-state index contributed by atoms with van der Waals surface area (Å²) in [7, 11) is 1.15. The Hall–Kier alpha value is -1.83. The van der Waals surface area contributed by atoms with Gasteiger partial charge in [-0.3, -0.25) is 0 Å². The van der Waals surface area contributed by atoms with Gasteiger partial charge in [0.15, 0.2) is 0 Å². The van der Waals surface area contributed by atoms with Gasteiger partial charge in [-0.25, -0.2) is 14.4 Å². The Morgan fingerprint density at radius 2 is 1.36 bits per heavy atom. The second kappa shape index (κ2) is 9.03. The monoisotopic (exact) mass is 362 g/mol. The van der Waals surface area contributed by atoms with E-state index < -0.39 is 35.4 Å². The molecule has 0 radical (unpaired) electrons. The van der Waals surface area contributed by atoms with Crippen molar-refractivity contribution in [2.24, 2.45) is 5.92 Å². The average Bonchev–Trinajstić information content (AvgIpc) is 2.41. The largest absolute Gasteiger partial charge is 0.467 e. The van der Waals surface area contributed by atoms with Crippen molar-refractivity contribution in [3.05, 3.63) is 0 Å². The molecule has 0 saturated carbocycles. The fourth-order valence-corrected chi connectivity index (χ4v) is 1.85. The van der Waals surface area contributed by atoms with Gasteiger partial charge in [0, 0.05) is 6.61 Å². The highest BCUT2D eigenvalue weighted by atomic mass is 16.6. The van der Waals surface area contributed by atoms with Crippen LogP contribution in [0.5, 0.6) is 0 Å². The van der Waals surface area contributed by atoms with Gasteiger partial charge >= 0.3 is 18.2 Å². The lowest BCUT2D eigenvalue weighted by molar-refractivity contribution is -0.147. The fraction of sp³-hybridized carbons (Fsp3) is 0.824. The summed E-state index contributed by atoms with van der Waals surface area (Å²) in [6.07, 6.45) is -2.01. The average molecular weight is 362 g/mol. The van der Waals surface area contributed by atoms with E-state index in [1.165, 1.54) is 0 Å². The molecule has 0 bridgehead atoms. The Labute approximate surface area is 149 Å². The van der Waals surface area contributed by atoms with E-state index in [9.17, 15) is 19.5 Å². The van der Waals surface area contributed by atoms with Crippen molar-refractivity contribution in [2.75, 3.05) is 13.7 Å². The van der Waals surface area contributed by atoms with Crippen LogP contribution in [0, 0.1) is 5.92 Å². The van der Waals surface area contributed by atoms with Gasteiger partial charge in [0.05, 0.1) is 7.11 Å². The third-order valence-electron chi connectivity index (χ3n) is 2.90. The number of hydrogen-bond acceptors (Lipinski definition) is 7. The van der Waals surface area contributed by atoms with E-state index >= 15 is 0 Å². The number of carbonyl (C=O) groups excluding carboxylic acids is 3. The molecule has 0 saturated heterocycles. The Balaban J connectivity index is 5.80. The van der Waals surface area contributed by atoms with Crippen LogP contribution >= 0.6 is 0 Å². The zero-order valence-electron chi connectivity index (χ0n) is 16.4. The summed E-state index contributed by atoms with van der Waals surface area (Å²) in [5, 5.41) is 9.27. The van der Waals surface area contributed by atoms with Gasteiger partial charge < -0.3 is 19.3 Å². The van der Waals surface area contributed by atoms with Crippen LogP contribution in [0.15, 0.2) is 0 Å². The summed E-state index contributed by atoms with van der Waals surface area (Å²) < 4.78 is 15.2. The first kappa shape index (κ1) is 23.2. The Kier molecular flexibility index (Phi) is 8.37. The minimum atomic E-state index is -1.27. The first-order valence-electron chi connectivity index (χ1n) is 8.15. The highest BCUT2D eigenvalue weighted by molar-refractivity contribution is 5.94. The van der Waals surface area contributed by atoms with Crippen molar-refractivity contribution in [1.29, 1.82) is 0 Å². The number of nitrogens with zero attached hydrogens (tertiary/aromatic N) is 1. The molecule has 0 aromatic heterocycles. The number of ether oxygens (including phenoxy) is 3. The molecular formula is C17H31NO7. The van der Waals surface area contributed by atoms with Gasteiger partial charge in [0.25, 0.3) is 0 Å². The summed E-state index contributed by atoms with van der Waals surface area (Å²) in [6.45, 7) is 11.3. The molecule has 8 heteroatoms. The van der Waals surface area contributed by atoms with E-state index in [1.54, 1.807) is 48.5 Å². The molecule has 0 aromatic rings. The van der Waals surface area contributed by atoms with Crippen molar-refractivity contribution in [1.82, 2.24) is 4.90 Å². The SMILES string of the molecule is COC(=O)[C@H](C[C@H]([13CH3])CO)N(C(=O)OC(C)(C)C)C(=O)OC(C)(C)C. The van der Waals surface area contributed by atoms with Crippen molar-refractivity contribution in [3.8, 4) is 0 Å². The molecule has 0 aliphatic heterocycles. The van der Waals surface area contributed by atoms with Gasteiger partial charge in [0.1, 0.15) is 17.2 Å². The molecule has 0 aliphatic carbocycles. The highest BCUT2D eigenvalue weighted by Crippen LogP contribution is 2.21. The summed E-state index contributed by atoms with van der Waals surface area (Å²) in [6, 6.07) is -1.27. The van der Waals surface area contributed by atoms with Crippen molar-refractivity contribution in [2.45, 2.75) is 72.1 Å². The molecule has 0 rings (SSSR count). The second-order valence-corrected chi connectivity index (χ2v) is 7.89. The Morgan fingerprint density at radius 1 is 0.960 bits per heavy atom. The molecule has 0 unspecified atom stereocenters. The highest BCUT2D eigenvalue weighted by Gasteiger charge is 2.41. The molecule has 0 spiro atoms. The van der Waals surface area contributed by atoms with Gasteiger partial charge in [-0.1, -0.05) is 6.92 Å². The van der Waals surface area contributed by atoms with E-state index in [2.05, 4.69) is 0 Å². The molecular weight excluding hydrogens is 331 g/mol. The predicted molar refractivity (Wildman–Crippen MR) is 91.0 cm³/mol. The van der Waals surface area contributed by atoms with Gasteiger partial charge in [-0.15, -0.1) is 0 Å². The van der Waals surface area contributed by atoms with Gasteiger partial charge in [-0.05, 0) is 53.9 Å². The number of amides is 2. The molecule has 25 heavy (non-hydrogen) atoms. The maximum atomic E-state index is 12.6. The molecule has 0 fully saturated rings. The van der Waals surface area contributed by atoms with Crippen LogP contribution in [-0.2, 0) is 19.0 Å². The maximum absolute atomic E-state index is 12.6. The van der Waals surface area contributed by atoms with E-state index in [1.807, 2.05) is 0 Å². The molecule has 0 aromatic carbocycles. The normalized spacial score (nSPS) is 14.3. The first-order valence-corrected chi connectivity index (χ1v) is 8.15. The van der Waals surface area contributed by atoms with E-state index in [-0.39, 0.29) is 18.9 Å². The number of imide groups is 1. The van der Waals surface area contributed by atoms with Crippen LogP contribution < -0.4 is 0 Å². The molecule has 1 N–H and O–H groups in total. The minimum Gasteiger partial charge on any atom is -0.467 e. The van der Waals surface area contributed by atoms with Gasteiger partial charge in [-0.2, -0.15) is 4.90 Å². The van der Waals surface area contributed by atoms with Crippen LogP contribution in [0.4, 0.5) is 9.59 Å². The lowest BCUT2D eigenvalue weighted by Crippen LogP contribution is -2.52. The summed E-state index contributed by atoms with van der Waals surface area (Å²) in [5.41, 5.74) is -1.75. The standard InChI is InChI=1S/C17H31NO7/c1-11(10-19)9-12(13(20)23-8)18(14(21)24-16(2,3)4)15(22)25-17(5,6)7/h11-12,19H,9-10H2,1-8H3/t11-,12-/m0/s1/i1+1. The maximum Gasteiger partial charge on any atom is 0.420 e. The number of aliphatic hydroxyl groups is 1. The molecule has 0 heterocycles. The number of esters is 1. The summed E-state index contributed by atoms with van der Waals surface area (Å²) in [4.78, 5) is 37.9. The molecule has 2 atom stereocenters. The van der Waals surface area contributed by atoms with Crippen LogP contribution in [0.3, 0.4) is 0 Å². The van der Waals surface area contributed by atoms with Crippen molar-refractivity contribution in [3.63, 3.8) is 0 Å². The van der Waals surface area contributed by atoms with Crippen LogP contribution in [0.2, 0.25) is 0 Å². The third kappa shape index (κ3) is 8.72. The van der Waals surface area contributed by atoms with E-state index in [0.717, 1.165) is 7.11 Å². The summed E-state index contributed by atoms with van der Waals surface area (Å²) >= 11 is 0. The molecule has 146 valence electrons. The van der Waals surface area contributed by atoms with Crippen LogP contribution in [0.1, 0.15) is 54.9 Å². The van der Waals surface area contributed by atoms with Crippen LogP contribution in [0.25, 0.3) is 0 Å². The van der Waals surface area contributed by atoms with E-state index in [4.69, 9.17) is 14.2 Å². The number of rotatable bonds is 5. The summed E-state index contributed by atoms with van der Waals surface area (Å²) in [5.74, 6) is -1.14. The number of hydrogen-bond donors (Lipinski definition) is 1. The second-order valence-electron chi connectivity index (χ2n) is 7.89. The third-order valence-corrected chi connectivity index (χ3v) is 2.90. The minimum absolute atomic E-state index is 0.0155. The lowest BCUT2D eigenvalue weighted by atomic mass is 10.1. The first-order chi connectivity index (χ1) is 11.2. The quantitative estimate of drug-likeness (QED) is 0.456. The van der Waals surface area contributed by atoms with Crippen LogP contribution in [-0.4, -0.2) is 59.1 Å². The fourth-order valence-electron chi connectivity index (χ4n) is 1.85. The Morgan fingerprint density at radius 3 is 1.64 bits per heavy atom. The zero-order valence-corrected chi connectivity index (χ0v) is 16.4. The molecule has 8 nitrogen and oxygen atoms in total. The number of methoxy groups -OCH3 is 1. The molecule has 0 aliphatic rings.